The van der Waals surface area contributed by atoms with E-state index in [9.17, 15) is 18.3 Å². The summed E-state index contributed by atoms with van der Waals surface area (Å²) in [7, 11) is -1.66. The van der Waals surface area contributed by atoms with Gasteiger partial charge < -0.3 is 14.9 Å². The van der Waals surface area contributed by atoms with E-state index in [4.69, 9.17) is 0 Å². The molecule has 1 heterocycles. The summed E-state index contributed by atoms with van der Waals surface area (Å²) in [5.41, 5.74) is 1.94. The third kappa shape index (κ3) is 5.96. The lowest BCUT2D eigenvalue weighted by Gasteiger charge is -2.30. The minimum absolute atomic E-state index is 0.0832. The van der Waals surface area contributed by atoms with E-state index in [-0.39, 0.29) is 24.1 Å². The zero-order valence-electron chi connectivity index (χ0n) is 17.5. The third-order valence-corrected chi connectivity index (χ3v) is 6.15. The number of nitrogens with zero attached hydrogens (tertiary/aromatic N) is 1. The van der Waals surface area contributed by atoms with Crippen molar-refractivity contribution in [2.45, 2.75) is 25.3 Å². The van der Waals surface area contributed by atoms with Gasteiger partial charge in [-0.05, 0) is 29.3 Å². The fraction of sp³-hybridized carbons (Fsp3) is 0.409. The second-order valence-electron chi connectivity index (χ2n) is 7.98. The maximum absolute atomic E-state index is 13.2. The van der Waals surface area contributed by atoms with Crippen molar-refractivity contribution in [3.63, 3.8) is 0 Å². The lowest BCUT2D eigenvalue weighted by atomic mass is 10.0. The number of rotatable bonds is 8. The summed E-state index contributed by atoms with van der Waals surface area (Å²) in [5.74, 6) is 0.0714. The average molecular weight is 433 g/mol. The van der Waals surface area contributed by atoms with Gasteiger partial charge in [0.2, 0.25) is 15.9 Å². The van der Waals surface area contributed by atoms with E-state index in [2.05, 4.69) is 4.72 Å². The smallest absolute Gasteiger partial charge is 0.229 e. The number of para-hydroxylation sites is 1. The molecule has 1 unspecified atom stereocenters. The van der Waals surface area contributed by atoms with Crippen molar-refractivity contribution in [1.82, 2.24) is 4.90 Å². The third-order valence-electron chi connectivity index (χ3n) is 5.56. The van der Waals surface area contributed by atoms with Crippen LogP contribution in [0, 0.1) is 0 Å². The van der Waals surface area contributed by atoms with Crippen LogP contribution in [-0.4, -0.2) is 57.3 Å². The molecule has 1 amide bonds. The van der Waals surface area contributed by atoms with E-state index in [1.807, 2.05) is 6.07 Å². The molecule has 1 saturated heterocycles. The number of anilines is 1. The number of quaternary nitrogens is 1. The summed E-state index contributed by atoms with van der Waals surface area (Å²) in [5, 5.41) is 9.95. The first-order valence-corrected chi connectivity index (χ1v) is 12.1. The molecule has 3 rings (SSSR count). The highest BCUT2D eigenvalue weighted by Gasteiger charge is 2.28. The van der Waals surface area contributed by atoms with Crippen LogP contribution in [0.15, 0.2) is 48.5 Å². The number of carbonyl (C=O) groups is 1. The molecule has 2 aromatic carbocycles. The monoisotopic (exact) mass is 432 g/mol. The summed E-state index contributed by atoms with van der Waals surface area (Å²) in [6.07, 6.45) is 3.54. The number of amides is 1. The Morgan fingerprint density at radius 1 is 1.17 bits per heavy atom. The first-order valence-electron chi connectivity index (χ1n) is 10.2. The molecular weight excluding hydrogens is 402 g/mol. The molecule has 0 saturated carbocycles. The number of hydrogen-bond acceptors (Lipinski definition) is 4. The first kappa shape index (κ1) is 22.1. The highest BCUT2D eigenvalue weighted by molar-refractivity contribution is 7.92. The van der Waals surface area contributed by atoms with Crippen LogP contribution in [0.4, 0.5) is 5.69 Å². The van der Waals surface area contributed by atoms with E-state index >= 15 is 0 Å². The highest BCUT2D eigenvalue weighted by Crippen LogP contribution is 2.24. The number of sulfonamides is 1. The van der Waals surface area contributed by atoms with Gasteiger partial charge in [0.15, 0.2) is 0 Å². The highest BCUT2D eigenvalue weighted by atomic mass is 32.2. The van der Waals surface area contributed by atoms with Gasteiger partial charge in [-0.2, -0.15) is 0 Å². The number of phenols is 1. The maximum atomic E-state index is 13.2. The number of likely N-dealkylation sites (N-methyl/N-ethyl adjacent to an activating group) is 1. The van der Waals surface area contributed by atoms with Crippen molar-refractivity contribution in [2.24, 2.45) is 0 Å². The first-order chi connectivity index (χ1) is 14.2. The van der Waals surface area contributed by atoms with Crippen molar-refractivity contribution in [1.29, 1.82) is 0 Å². The predicted molar refractivity (Wildman–Crippen MR) is 117 cm³/mol. The van der Waals surface area contributed by atoms with E-state index in [0.29, 0.717) is 11.3 Å². The Labute approximate surface area is 178 Å². The van der Waals surface area contributed by atoms with Crippen LogP contribution in [-0.2, 0) is 21.2 Å². The summed E-state index contributed by atoms with van der Waals surface area (Å²) in [4.78, 5) is 16.3. The molecule has 8 heteroatoms. The number of phenolic OH excluding ortho intramolecular Hbond substituents is 1. The summed E-state index contributed by atoms with van der Waals surface area (Å²) in [6.45, 7) is 2.94. The van der Waals surface area contributed by atoms with Crippen molar-refractivity contribution < 1.29 is 23.2 Å². The molecule has 0 bridgehead atoms. The summed E-state index contributed by atoms with van der Waals surface area (Å²) < 4.78 is 25.8. The lowest BCUT2D eigenvalue weighted by Crippen LogP contribution is -3.10. The quantitative estimate of drug-likeness (QED) is 0.584. The summed E-state index contributed by atoms with van der Waals surface area (Å²) >= 11 is 0. The van der Waals surface area contributed by atoms with Crippen LogP contribution < -0.4 is 9.62 Å². The molecule has 0 aliphatic carbocycles. The van der Waals surface area contributed by atoms with Gasteiger partial charge in [-0.25, -0.2) is 8.42 Å². The Bertz CT molecular complexity index is 987. The molecule has 1 atom stereocenters. The van der Waals surface area contributed by atoms with Gasteiger partial charge in [0, 0.05) is 19.9 Å². The van der Waals surface area contributed by atoms with Crippen molar-refractivity contribution in [2.75, 3.05) is 37.7 Å². The fourth-order valence-corrected chi connectivity index (χ4v) is 4.60. The van der Waals surface area contributed by atoms with Gasteiger partial charge in [-0.1, -0.05) is 30.3 Å². The standard InChI is InChI=1S/C22H29N3O4S/c1-24(22(27)15-17-8-3-4-11-20(17)23-30(2,28)29)21(16-25-12-5-6-13-25)18-9-7-10-19(26)14-18/h3-4,7-11,14,21,23,26H,5-6,12-13,15-16H2,1-2H3/p+1. The molecule has 1 aliphatic rings. The van der Waals surface area contributed by atoms with Gasteiger partial charge in [0.1, 0.15) is 18.3 Å². The van der Waals surface area contributed by atoms with Gasteiger partial charge in [-0.3, -0.25) is 9.52 Å². The van der Waals surface area contributed by atoms with Crippen LogP contribution in [0.5, 0.6) is 5.75 Å². The Balaban J connectivity index is 1.82. The van der Waals surface area contributed by atoms with E-state index in [0.717, 1.165) is 31.5 Å². The van der Waals surface area contributed by atoms with Gasteiger partial charge >= 0.3 is 0 Å². The molecular formula is C22H30N3O4S+. The number of aromatic hydroxyl groups is 1. The molecule has 1 aliphatic heterocycles. The van der Waals surface area contributed by atoms with Gasteiger partial charge in [-0.15, -0.1) is 0 Å². The fourth-order valence-electron chi connectivity index (χ4n) is 4.00. The normalized spacial score (nSPS) is 15.7. The van der Waals surface area contributed by atoms with E-state index < -0.39 is 10.0 Å². The molecule has 7 nitrogen and oxygen atoms in total. The second kappa shape index (κ2) is 9.49. The predicted octanol–water partition coefficient (Wildman–Crippen LogP) is 1.18. The zero-order chi connectivity index (χ0) is 21.7. The molecule has 3 N–H and O–H groups in total. The molecule has 0 aromatic heterocycles. The van der Waals surface area contributed by atoms with Crippen LogP contribution in [0.25, 0.3) is 0 Å². The molecule has 162 valence electrons. The Hall–Kier alpha value is -2.58. The SMILES string of the molecule is CN(C(=O)Cc1ccccc1NS(C)(=O)=O)C(C[NH+]1CCCC1)c1cccc(O)c1. The average Bonchev–Trinajstić information content (AvgIpc) is 3.19. The van der Waals surface area contributed by atoms with Crippen LogP contribution in [0.3, 0.4) is 0 Å². The van der Waals surface area contributed by atoms with Gasteiger partial charge in [0.05, 0.1) is 31.5 Å². The number of hydrogen-bond donors (Lipinski definition) is 3. The van der Waals surface area contributed by atoms with Crippen molar-refractivity contribution in [3.05, 3.63) is 59.7 Å². The number of likely N-dealkylation sites (tertiary alicyclic amines) is 1. The van der Waals surface area contributed by atoms with E-state index in [1.54, 1.807) is 54.4 Å². The minimum atomic E-state index is -3.44. The number of carbonyl (C=O) groups excluding carboxylic acids is 1. The Morgan fingerprint density at radius 2 is 1.87 bits per heavy atom. The molecule has 0 radical (unpaired) electrons. The van der Waals surface area contributed by atoms with E-state index in [1.165, 1.54) is 17.7 Å². The Kier molecular flexibility index (Phi) is 6.99. The van der Waals surface area contributed by atoms with Crippen molar-refractivity contribution >= 4 is 21.6 Å². The van der Waals surface area contributed by atoms with Crippen molar-refractivity contribution in [3.8, 4) is 5.75 Å². The molecule has 1 fully saturated rings. The molecule has 2 aromatic rings. The van der Waals surface area contributed by atoms with Gasteiger partial charge in [0.25, 0.3) is 0 Å². The van der Waals surface area contributed by atoms with Crippen LogP contribution in [0.1, 0.15) is 30.0 Å². The molecule has 0 spiro atoms. The zero-order valence-corrected chi connectivity index (χ0v) is 18.3. The van der Waals surface area contributed by atoms with Crippen LogP contribution >= 0.6 is 0 Å². The Morgan fingerprint density at radius 3 is 2.53 bits per heavy atom. The number of benzene rings is 2. The summed E-state index contributed by atoms with van der Waals surface area (Å²) in [6, 6.07) is 13.8. The second-order valence-corrected chi connectivity index (χ2v) is 9.73. The lowest BCUT2D eigenvalue weighted by molar-refractivity contribution is -0.890. The molecule has 30 heavy (non-hydrogen) atoms. The topological polar surface area (TPSA) is 91.2 Å². The number of nitrogens with one attached hydrogen (secondary N) is 2. The maximum Gasteiger partial charge on any atom is 0.229 e. The van der Waals surface area contributed by atoms with Crippen LogP contribution in [0.2, 0.25) is 0 Å². The minimum Gasteiger partial charge on any atom is -0.508 e. The largest absolute Gasteiger partial charge is 0.508 e.